The molecule has 10 aromatic carbocycles. The molecule has 1 fully saturated rings. The Morgan fingerprint density at radius 1 is 0.257 bits per heavy atom. The molecule has 13 aromatic rings. The van der Waals surface area contributed by atoms with Gasteiger partial charge in [-0.05, 0) is 61.5 Å². The lowest BCUT2D eigenvalue weighted by molar-refractivity contribution is 0.268. The van der Waals surface area contributed by atoms with Crippen molar-refractivity contribution in [2.75, 3.05) is 0 Å². The van der Waals surface area contributed by atoms with Gasteiger partial charge in [0.25, 0.3) is 0 Å². The van der Waals surface area contributed by atoms with Crippen molar-refractivity contribution < 1.29 is 12.3 Å². The third-order valence-corrected chi connectivity index (χ3v) is 27.9. The summed E-state index contributed by atoms with van der Waals surface area (Å²) in [6.07, 6.45) is 0. The van der Waals surface area contributed by atoms with Crippen LogP contribution in [0.3, 0.4) is 0 Å². The van der Waals surface area contributed by atoms with Crippen molar-refractivity contribution >= 4 is 100 Å². The van der Waals surface area contributed by atoms with Gasteiger partial charge in [-0.2, -0.15) is 0 Å². The Labute approximate surface area is 431 Å². The van der Waals surface area contributed by atoms with Gasteiger partial charge >= 0.3 is 25.7 Å². The summed E-state index contributed by atoms with van der Waals surface area (Å²) in [6.45, 7) is 0. The third kappa shape index (κ3) is 7.03. The molecule has 0 N–H and O–H groups in total. The molecule has 10 heteroatoms. The Kier molecular flexibility index (Phi) is 10.7. The van der Waals surface area contributed by atoms with Gasteiger partial charge in [-0.15, -0.1) is 0 Å². The number of benzene rings is 10. The first-order valence-corrected chi connectivity index (χ1v) is 30.4. The molecule has 7 nitrogen and oxygen atoms in total. The van der Waals surface area contributed by atoms with E-state index in [9.17, 15) is 0 Å². The molecule has 0 atom stereocenters. The maximum absolute atomic E-state index is 8.27. The molecule has 3 aromatic heterocycles. The molecule has 74 heavy (non-hydrogen) atoms. The van der Waals surface area contributed by atoms with E-state index in [1.165, 1.54) is 0 Å². The van der Waals surface area contributed by atoms with E-state index in [1.54, 1.807) is 0 Å². The van der Waals surface area contributed by atoms with Crippen LogP contribution >= 0.6 is 0 Å². The van der Waals surface area contributed by atoms with Gasteiger partial charge in [0.1, 0.15) is 11.6 Å². The van der Waals surface area contributed by atoms with Crippen molar-refractivity contribution in [2.45, 2.75) is 0 Å². The van der Waals surface area contributed by atoms with E-state index in [1.807, 2.05) is 0 Å². The van der Waals surface area contributed by atoms with Gasteiger partial charge in [0.05, 0.1) is 22.1 Å². The molecular formula is C64H46N4O3Si3. The fourth-order valence-corrected chi connectivity index (χ4v) is 28.1. The molecular weight excluding hydrogens is 957 g/mol. The van der Waals surface area contributed by atoms with Gasteiger partial charge in [0.2, 0.25) is 0 Å². The van der Waals surface area contributed by atoms with E-state index < -0.39 is 25.7 Å². The average Bonchev–Trinajstić information content (AvgIpc) is 4.01. The molecule has 352 valence electrons. The highest BCUT2D eigenvalue weighted by Crippen LogP contribution is 2.37. The molecule has 0 amide bonds. The molecule has 0 saturated carbocycles. The van der Waals surface area contributed by atoms with Crippen LogP contribution in [0.25, 0.3) is 66.6 Å². The second kappa shape index (κ2) is 17.9. The van der Waals surface area contributed by atoms with Crippen molar-refractivity contribution in [2.24, 2.45) is 0 Å². The first kappa shape index (κ1) is 44.1. The highest BCUT2D eigenvalue weighted by Gasteiger charge is 2.67. The summed E-state index contributed by atoms with van der Waals surface area (Å²) in [7, 11) is -11.5. The third-order valence-electron chi connectivity index (χ3n) is 14.4. The lowest BCUT2D eigenvalue weighted by atomic mass is 10.2. The van der Waals surface area contributed by atoms with E-state index in [-0.39, 0.29) is 0 Å². The number of aromatic nitrogens is 4. The zero-order valence-electron chi connectivity index (χ0n) is 40.1. The van der Waals surface area contributed by atoms with Crippen molar-refractivity contribution in [3.05, 3.63) is 279 Å². The summed E-state index contributed by atoms with van der Waals surface area (Å²) >= 11 is 0. The summed E-state index contributed by atoms with van der Waals surface area (Å²) in [4.78, 5) is 11.2. The molecule has 1 aliphatic heterocycles. The van der Waals surface area contributed by atoms with Gasteiger partial charge in [-0.1, -0.05) is 243 Å². The van der Waals surface area contributed by atoms with Crippen molar-refractivity contribution in [1.82, 2.24) is 19.1 Å². The van der Waals surface area contributed by atoms with Crippen LogP contribution < -0.4 is 31.1 Å². The number of para-hydroxylation sites is 4. The van der Waals surface area contributed by atoms with Crippen LogP contribution in [0, 0.1) is 0 Å². The number of fused-ring (bicyclic) bond motifs is 6. The number of rotatable bonds is 9. The van der Waals surface area contributed by atoms with E-state index in [4.69, 9.17) is 22.3 Å². The monoisotopic (exact) mass is 1000 g/mol. The number of nitrogens with zero attached hydrogens (tertiary/aromatic N) is 4. The van der Waals surface area contributed by atoms with E-state index in [0.717, 1.165) is 91.9 Å². The molecule has 1 saturated heterocycles. The maximum Gasteiger partial charge on any atom is 0.390 e. The van der Waals surface area contributed by atoms with Crippen LogP contribution in [0.4, 0.5) is 0 Å². The molecule has 0 spiro atoms. The summed E-state index contributed by atoms with van der Waals surface area (Å²) in [5.74, 6) is 2.07. The van der Waals surface area contributed by atoms with E-state index in [2.05, 4.69) is 288 Å². The van der Waals surface area contributed by atoms with Gasteiger partial charge in [0, 0.05) is 33.2 Å². The van der Waals surface area contributed by atoms with Gasteiger partial charge in [-0.3, -0.25) is 9.13 Å². The molecule has 0 unspecified atom stereocenters. The van der Waals surface area contributed by atoms with Crippen LogP contribution in [-0.4, -0.2) is 44.8 Å². The largest absolute Gasteiger partial charge is 0.402 e. The predicted octanol–water partition coefficient (Wildman–Crippen LogP) is 10.5. The molecule has 1 aliphatic rings. The SMILES string of the molecule is c1ccc([Si]2(c3ccccc3)O[Si](c3ccccc3)(c3ccccc3)O[Si](c3ccccc3)(c3cccc(-c4nc(-n5c6ccccc6c6ccccc65)cc(-n5c6ccccc6c6ccccc65)n4)c3)O2)cc1. The highest BCUT2D eigenvalue weighted by atomic mass is 28.5. The quantitative estimate of drug-likeness (QED) is 0.135. The van der Waals surface area contributed by atoms with Gasteiger partial charge in [0.15, 0.2) is 5.82 Å². The summed E-state index contributed by atoms with van der Waals surface area (Å²) in [6, 6.07) is 98.0. The molecule has 0 radical (unpaired) electrons. The van der Waals surface area contributed by atoms with Crippen molar-refractivity contribution in [3.63, 3.8) is 0 Å². The smallest absolute Gasteiger partial charge is 0.390 e. The minimum atomic E-state index is -3.95. The second-order valence-corrected chi connectivity index (χ2v) is 28.3. The first-order valence-electron chi connectivity index (χ1n) is 25.0. The zero-order valence-corrected chi connectivity index (χ0v) is 43.1. The summed E-state index contributed by atoms with van der Waals surface area (Å²) in [5, 5.41) is 10.5. The summed E-state index contributed by atoms with van der Waals surface area (Å²) < 4.78 is 29.2. The Morgan fingerprint density at radius 3 is 0.851 bits per heavy atom. The molecule has 14 rings (SSSR count). The van der Waals surface area contributed by atoms with Crippen LogP contribution in [0.5, 0.6) is 0 Å². The minimum absolute atomic E-state index is 0.566. The highest BCUT2D eigenvalue weighted by molar-refractivity contribution is 7.16. The maximum atomic E-state index is 8.27. The van der Waals surface area contributed by atoms with Crippen molar-refractivity contribution in [1.29, 1.82) is 0 Å². The first-order chi connectivity index (χ1) is 36.6. The topological polar surface area (TPSA) is 63.3 Å². The normalized spacial score (nSPS) is 14.9. The van der Waals surface area contributed by atoms with Crippen LogP contribution in [0.2, 0.25) is 0 Å². The minimum Gasteiger partial charge on any atom is -0.402 e. The standard InChI is InChI=1S/C64H46N4O3Si3/c1-6-26-48(27-7-1)72(49-28-8-2-9-29-49)69-73(50-30-10-3-11-31-50,51-32-12-4-13-33-51)71-74(70-72,52-34-14-5-15-35-52)53-36-24-25-47(45-53)64-65-62(67-58-41-20-16-37-54(58)55-38-17-21-42-59(55)67)46-63(66-64)68-60-43-22-18-39-56(60)57-40-19-23-44-61(57)68/h1-46H. The van der Waals surface area contributed by atoms with E-state index in [0.29, 0.717) is 5.82 Å². The molecule has 0 aliphatic carbocycles. The fourth-order valence-electron chi connectivity index (χ4n) is 11.1. The predicted molar refractivity (Wildman–Crippen MR) is 307 cm³/mol. The van der Waals surface area contributed by atoms with Gasteiger partial charge in [-0.25, -0.2) is 9.97 Å². The van der Waals surface area contributed by atoms with Crippen LogP contribution in [0.1, 0.15) is 0 Å². The molecule has 4 heterocycles. The van der Waals surface area contributed by atoms with Crippen LogP contribution in [0.15, 0.2) is 279 Å². The lowest BCUT2D eigenvalue weighted by Crippen LogP contribution is -2.88. The van der Waals surface area contributed by atoms with Gasteiger partial charge < -0.3 is 12.3 Å². The van der Waals surface area contributed by atoms with Crippen molar-refractivity contribution in [3.8, 4) is 23.0 Å². The Balaban J connectivity index is 1.07. The molecule has 0 bridgehead atoms. The Hall–Kier alpha value is -8.59. The zero-order chi connectivity index (χ0) is 49.1. The second-order valence-electron chi connectivity index (χ2n) is 18.7. The number of hydrogen-bond donors (Lipinski definition) is 0. The summed E-state index contributed by atoms with van der Waals surface area (Å²) in [5.41, 5.74) is 5.07. The Bertz CT molecular complexity index is 3790. The fraction of sp³-hybridized carbons (Fsp3) is 0. The van der Waals surface area contributed by atoms with E-state index >= 15 is 0 Å². The Morgan fingerprint density at radius 2 is 0.527 bits per heavy atom. The number of hydrogen-bond acceptors (Lipinski definition) is 5. The lowest BCUT2D eigenvalue weighted by Gasteiger charge is -2.53. The van der Waals surface area contributed by atoms with Crippen LogP contribution in [-0.2, 0) is 12.3 Å². The average molecular weight is 1000 g/mol.